The number of hydrogen-bond donors (Lipinski definition) is 0. The predicted octanol–water partition coefficient (Wildman–Crippen LogP) is 12.4. The molecule has 5 nitrogen and oxygen atoms in total. The molecule has 0 aliphatic rings. The molecule has 1 radical (unpaired) electrons. The van der Waals surface area contributed by atoms with E-state index in [-0.39, 0.29) is 20.1 Å². The molecule has 0 N–H and O–H groups in total. The van der Waals surface area contributed by atoms with Crippen LogP contribution in [0.15, 0.2) is 138 Å². The van der Waals surface area contributed by atoms with Gasteiger partial charge in [0.05, 0.1) is 20.8 Å². The Hall–Kier alpha value is -5.72. The maximum Gasteiger partial charge on any atom is 0.128 e. The van der Waals surface area contributed by atoms with Crippen molar-refractivity contribution in [3.05, 3.63) is 163 Å². The van der Waals surface area contributed by atoms with Crippen molar-refractivity contribution in [1.29, 1.82) is 0 Å². The number of furan rings is 1. The fraction of sp³-hybridized carbons (Fsp3) is 0.140. The first-order valence-corrected chi connectivity index (χ1v) is 22.4. The number of methoxy groups -OCH3 is 1. The second-order valence-corrected chi connectivity index (χ2v) is 20.4. The van der Waals surface area contributed by atoms with Gasteiger partial charge in [-0.2, -0.15) is 0 Å². The van der Waals surface area contributed by atoms with Gasteiger partial charge in [-0.3, -0.25) is 4.98 Å². The van der Waals surface area contributed by atoms with Crippen molar-refractivity contribution >= 4 is 46.0 Å². The van der Waals surface area contributed by atoms with E-state index in [2.05, 4.69) is 140 Å². The summed E-state index contributed by atoms with van der Waals surface area (Å²) in [4.78, 5) is 13.9. The molecule has 57 heavy (non-hydrogen) atoms. The fourth-order valence-corrected chi connectivity index (χ4v) is 8.26. The van der Waals surface area contributed by atoms with Gasteiger partial charge in [-0.1, -0.05) is 116 Å². The van der Waals surface area contributed by atoms with E-state index in [1.807, 2.05) is 56.6 Å². The number of aromatic nitrogens is 3. The van der Waals surface area contributed by atoms with E-state index in [1.165, 1.54) is 10.8 Å². The zero-order valence-electron chi connectivity index (χ0n) is 33.2. The Morgan fingerprint density at radius 3 is 2.12 bits per heavy atom. The van der Waals surface area contributed by atoms with E-state index in [0.717, 1.165) is 94.6 Å². The molecule has 0 saturated carbocycles. The SMILES string of the molecule is COc1cc[c-]c(-c2ccc([Si](C)(C)C)cn2)c1.Cc1cc(-c2cccc(-c3cccc4c3oc3c(-c5cc6ccccc6cn5)[c-]cc(C)c34)c2)cc(C)n1.[Ir]. The minimum Gasteiger partial charge on any atom is -0.516 e. The van der Waals surface area contributed by atoms with Crippen molar-refractivity contribution in [3.8, 4) is 50.5 Å². The Morgan fingerprint density at radius 2 is 1.39 bits per heavy atom. The Labute approximate surface area is 349 Å². The Kier molecular flexibility index (Phi) is 11.4. The van der Waals surface area contributed by atoms with Gasteiger partial charge in [0, 0.05) is 60.6 Å². The van der Waals surface area contributed by atoms with Crippen LogP contribution in [0.25, 0.3) is 77.5 Å². The van der Waals surface area contributed by atoms with Crippen LogP contribution in [-0.2, 0) is 20.1 Å². The number of benzene rings is 5. The molecule has 0 atom stereocenters. The number of pyridine rings is 3. The average Bonchev–Trinajstić information content (AvgIpc) is 3.61. The van der Waals surface area contributed by atoms with Crippen LogP contribution in [0.5, 0.6) is 5.75 Å². The van der Waals surface area contributed by atoms with E-state index in [9.17, 15) is 0 Å². The molecular formula is C50H43IrN3O2Si-2. The first kappa shape index (κ1) is 39.5. The Morgan fingerprint density at radius 1 is 0.649 bits per heavy atom. The summed E-state index contributed by atoms with van der Waals surface area (Å²) in [6.45, 7) is 13.2. The molecule has 0 saturated heterocycles. The van der Waals surface area contributed by atoms with Gasteiger partial charge in [0.1, 0.15) is 5.58 Å². The average molecular weight is 938 g/mol. The third kappa shape index (κ3) is 8.24. The van der Waals surface area contributed by atoms with Gasteiger partial charge in [0.25, 0.3) is 0 Å². The number of aryl methyl sites for hydroxylation is 3. The van der Waals surface area contributed by atoms with E-state index in [4.69, 9.17) is 14.1 Å². The summed E-state index contributed by atoms with van der Waals surface area (Å²) in [5.74, 6) is 0.833. The summed E-state index contributed by atoms with van der Waals surface area (Å²) in [5.41, 5.74) is 13.1. The van der Waals surface area contributed by atoms with Crippen LogP contribution in [0, 0.1) is 32.9 Å². The van der Waals surface area contributed by atoms with Crippen molar-refractivity contribution in [2.75, 3.05) is 7.11 Å². The standard InChI is InChI=1S/C35H25N2O.C15H18NOSi.Ir/c1-21-14-15-30(32-19-25-8-4-5-9-27(25)20-36-32)35-33(21)31-13-7-12-29(34(31)38-35)26-11-6-10-24(18-26)28-16-22(2)37-23(3)17-28;1-17-13-7-5-6-12(10-13)15-9-8-14(11-16-15)18(2,3)4;/h4-14,16-20H,1-3H3;5,7-11H,1-4H3;/q2*-1;. The van der Waals surface area contributed by atoms with Crippen molar-refractivity contribution in [1.82, 2.24) is 15.0 Å². The molecule has 0 aliphatic carbocycles. The topological polar surface area (TPSA) is 61.0 Å². The molecule has 0 unspecified atom stereocenters. The normalized spacial score (nSPS) is 11.3. The molecular weight excluding hydrogens is 895 g/mol. The third-order valence-electron chi connectivity index (χ3n) is 10.2. The third-order valence-corrected chi connectivity index (χ3v) is 12.2. The van der Waals surface area contributed by atoms with E-state index in [1.54, 1.807) is 7.11 Å². The molecule has 4 heterocycles. The molecule has 5 aromatic carbocycles. The van der Waals surface area contributed by atoms with Crippen LogP contribution in [0.1, 0.15) is 17.0 Å². The fourth-order valence-electron chi connectivity index (χ4n) is 7.23. The molecule has 9 rings (SSSR count). The maximum absolute atomic E-state index is 6.72. The summed E-state index contributed by atoms with van der Waals surface area (Å²) in [7, 11) is 0.395. The summed E-state index contributed by atoms with van der Waals surface area (Å²) < 4.78 is 11.9. The van der Waals surface area contributed by atoms with Gasteiger partial charge < -0.3 is 19.1 Å². The largest absolute Gasteiger partial charge is 0.516 e. The Balaban J connectivity index is 0.000000221. The van der Waals surface area contributed by atoms with Crippen LogP contribution < -0.4 is 9.92 Å². The van der Waals surface area contributed by atoms with E-state index in [0.29, 0.717) is 0 Å². The van der Waals surface area contributed by atoms with Crippen molar-refractivity contribution in [3.63, 3.8) is 0 Å². The van der Waals surface area contributed by atoms with Crippen LogP contribution in [0.2, 0.25) is 19.6 Å². The monoisotopic (exact) mass is 938 g/mol. The molecule has 0 aliphatic heterocycles. The second-order valence-electron chi connectivity index (χ2n) is 15.3. The van der Waals surface area contributed by atoms with Gasteiger partial charge in [0.2, 0.25) is 0 Å². The van der Waals surface area contributed by atoms with Crippen molar-refractivity contribution in [2.45, 2.75) is 40.4 Å². The first-order chi connectivity index (χ1) is 27.1. The minimum absolute atomic E-state index is 0. The van der Waals surface area contributed by atoms with Crippen LogP contribution >= 0.6 is 0 Å². The quantitative estimate of drug-likeness (QED) is 0.123. The number of rotatable bonds is 6. The molecule has 0 amide bonds. The maximum atomic E-state index is 6.72. The number of ether oxygens (including phenoxy) is 1. The number of fused-ring (bicyclic) bond motifs is 4. The van der Waals surface area contributed by atoms with Crippen LogP contribution in [-0.4, -0.2) is 30.1 Å². The minimum atomic E-state index is -1.27. The number of hydrogen-bond acceptors (Lipinski definition) is 5. The summed E-state index contributed by atoms with van der Waals surface area (Å²) in [5, 5.41) is 5.85. The van der Waals surface area contributed by atoms with E-state index < -0.39 is 8.07 Å². The van der Waals surface area contributed by atoms with E-state index >= 15 is 0 Å². The van der Waals surface area contributed by atoms with Gasteiger partial charge >= 0.3 is 0 Å². The summed E-state index contributed by atoms with van der Waals surface area (Å²) in [6, 6.07) is 48.4. The van der Waals surface area contributed by atoms with Crippen molar-refractivity contribution in [2.24, 2.45) is 0 Å². The van der Waals surface area contributed by atoms with Crippen molar-refractivity contribution < 1.29 is 29.3 Å². The van der Waals surface area contributed by atoms with Gasteiger partial charge in [-0.15, -0.1) is 47.5 Å². The zero-order chi connectivity index (χ0) is 39.0. The Bertz CT molecular complexity index is 2860. The van der Waals surface area contributed by atoms with Crippen LogP contribution in [0.4, 0.5) is 0 Å². The number of para-hydroxylation sites is 1. The molecule has 7 heteroatoms. The first-order valence-electron chi connectivity index (χ1n) is 18.9. The van der Waals surface area contributed by atoms with Gasteiger partial charge in [-0.25, -0.2) is 0 Å². The zero-order valence-corrected chi connectivity index (χ0v) is 36.6. The second kappa shape index (κ2) is 16.4. The van der Waals surface area contributed by atoms with Gasteiger partial charge in [0.15, 0.2) is 0 Å². The smallest absolute Gasteiger partial charge is 0.128 e. The van der Waals surface area contributed by atoms with Gasteiger partial charge in [-0.05, 0) is 76.1 Å². The molecule has 285 valence electrons. The molecule has 0 bridgehead atoms. The molecule has 4 aromatic heterocycles. The predicted molar refractivity (Wildman–Crippen MR) is 234 cm³/mol. The summed E-state index contributed by atoms with van der Waals surface area (Å²) in [6.07, 6.45) is 3.92. The van der Waals surface area contributed by atoms with Crippen LogP contribution in [0.3, 0.4) is 0 Å². The molecule has 9 aromatic rings. The summed E-state index contributed by atoms with van der Waals surface area (Å²) >= 11 is 0. The molecule has 0 spiro atoms. The number of nitrogens with zero attached hydrogens (tertiary/aromatic N) is 3. The molecule has 0 fully saturated rings.